The molecule has 3 aromatic heterocycles. The Labute approximate surface area is 178 Å². The average Bonchev–Trinajstić information content (AvgIpc) is 3.41. The molecule has 0 bridgehead atoms. The number of likely N-dealkylation sites (N-methyl/N-ethyl adjacent to an activating group) is 1. The molecular weight excluding hydrogens is 398 g/mol. The van der Waals surface area contributed by atoms with Crippen molar-refractivity contribution in [1.29, 1.82) is 0 Å². The summed E-state index contributed by atoms with van der Waals surface area (Å²) in [5.74, 6) is -0.358. The first-order valence-corrected chi connectivity index (χ1v) is 9.70. The van der Waals surface area contributed by atoms with Gasteiger partial charge >= 0.3 is 5.97 Å². The van der Waals surface area contributed by atoms with Gasteiger partial charge in [-0.3, -0.25) is 4.79 Å². The van der Waals surface area contributed by atoms with E-state index in [1.165, 1.54) is 11.2 Å². The smallest absolute Gasteiger partial charge is 0.339 e. The Kier molecular flexibility index (Phi) is 5.53. The number of aromatic nitrogens is 2. The number of amides is 1. The van der Waals surface area contributed by atoms with Gasteiger partial charge in [0, 0.05) is 12.6 Å². The lowest BCUT2D eigenvalue weighted by atomic mass is 10.0. The lowest BCUT2D eigenvalue weighted by molar-refractivity contribution is -0.133. The van der Waals surface area contributed by atoms with Crippen molar-refractivity contribution in [3.05, 3.63) is 71.3 Å². The van der Waals surface area contributed by atoms with Crippen LogP contribution in [0.25, 0.3) is 22.4 Å². The van der Waals surface area contributed by atoms with Crippen LogP contribution in [-0.2, 0) is 16.1 Å². The normalized spacial score (nSPS) is 10.9. The van der Waals surface area contributed by atoms with Gasteiger partial charge in [0.15, 0.2) is 6.61 Å². The summed E-state index contributed by atoms with van der Waals surface area (Å²) < 4.78 is 15.8. The Hall–Kier alpha value is -3.94. The summed E-state index contributed by atoms with van der Waals surface area (Å²) in [6, 6.07) is 12.9. The maximum absolute atomic E-state index is 12.9. The predicted octanol–water partition coefficient (Wildman–Crippen LogP) is 3.92. The van der Waals surface area contributed by atoms with Crippen molar-refractivity contribution in [1.82, 2.24) is 15.0 Å². The van der Waals surface area contributed by atoms with Crippen molar-refractivity contribution < 1.29 is 23.3 Å². The molecule has 0 N–H and O–H groups in total. The molecule has 8 nitrogen and oxygen atoms in total. The van der Waals surface area contributed by atoms with E-state index in [0.29, 0.717) is 22.5 Å². The Morgan fingerprint density at radius 3 is 2.61 bits per heavy atom. The van der Waals surface area contributed by atoms with Gasteiger partial charge in [-0.1, -0.05) is 35.0 Å². The van der Waals surface area contributed by atoms with Gasteiger partial charge in [0.1, 0.15) is 5.76 Å². The van der Waals surface area contributed by atoms with Crippen LogP contribution in [0, 0.1) is 13.8 Å². The Bertz CT molecular complexity index is 1230. The first-order chi connectivity index (χ1) is 14.9. The number of esters is 1. The molecule has 0 atom stereocenters. The molecule has 0 fully saturated rings. The van der Waals surface area contributed by atoms with E-state index in [-0.39, 0.29) is 23.7 Å². The number of ether oxygens (including phenoxy) is 1. The lowest BCUT2D eigenvalue weighted by Crippen LogP contribution is -2.30. The first-order valence-electron chi connectivity index (χ1n) is 9.70. The van der Waals surface area contributed by atoms with Gasteiger partial charge in [0.05, 0.1) is 35.1 Å². The van der Waals surface area contributed by atoms with Crippen molar-refractivity contribution in [2.24, 2.45) is 0 Å². The molecule has 0 radical (unpaired) electrons. The van der Waals surface area contributed by atoms with Crippen molar-refractivity contribution in [2.75, 3.05) is 13.7 Å². The van der Waals surface area contributed by atoms with Crippen molar-refractivity contribution in [2.45, 2.75) is 20.4 Å². The highest BCUT2D eigenvalue weighted by Crippen LogP contribution is 2.27. The molecule has 4 aromatic rings. The topological polar surface area (TPSA) is 98.7 Å². The molecule has 0 aliphatic carbocycles. The van der Waals surface area contributed by atoms with Crippen molar-refractivity contribution >= 4 is 23.0 Å². The van der Waals surface area contributed by atoms with Gasteiger partial charge in [-0.05, 0) is 32.0 Å². The second kappa shape index (κ2) is 8.43. The summed E-state index contributed by atoms with van der Waals surface area (Å²) in [5.41, 5.74) is 3.50. The van der Waals surface area contributed by atoms with Gasteiger partial charge in [0.2, 0.25) is 0 Å². The van der Waals surface area contributed by atoms with Gasteiger partial charge in [-0.15, -0.1) is 0 Å². The van der Waals surface area contributed by atoms with E-state index >= 15 is 0 Å². The molecule has 8 heteroatoms. The zero-order valence-electron chi connectivity index (χ0n) is 17.4. The van der Waals surface area contributed by atoms with Crippen LogP contribution >= 0.6 is 0 Å². The highest BCUT2D eigenvalue weighted by molar-refractivity contribution is 6.04. The minimum atomic E-state index is -0.646. The standard InChI is InChI=1S/C23H21N3O5/c1-14-6-8-16(9-7-14)19-11-18(21-15(2)25-31-22(21)24-19)23(28)30-13-20(27)26(3)12-17-5-4-10-29-17/h4-11H,12-13H2,1-3H3. The maximum atomic E-state index is 12.9. The molecule has 4 rings (SSSR count). The molecule has 158 valence electrons. The zero-order valence-corrected chi connectivity index (χ0v) is 17.4. The molecule has 0 spiro atoms. The molecule has 31 heavy (non-hydrogen) atoms. The van der Waals surface area contributed by atoms with Crippen LogP contribution in [0.15, 0.2) is 57.7 Å². The number of furan rings is 1. The molecule has 0 aliphatic heterocycles. The largest absolute Gasteiger partial charge is 0.467 e. The first kappa shape index (κ1) is 20.3. The van der Waals surface area contributed by atoms with Crippen LogP contribution in [0.4, 0.5) is 0 Å². The molecule has 0 saturated heterocycles. The number of rotatable bonds is 6. The second-order valence-electron chi connectivity index (χ2n) is 7.27. The molecule has 0 aliphatic rings. The highest BCUT2D eigenvalue weighted by atomic mass is 16.5. The van der Waals surface area contributed by atoms with Crippen molar-refractivity contribution in [3.8, 4) is 11.3 Å². The minimum absolute atomic E-state index is 0.240. The van der Waals surface area contributed by atoms with E-state index < -0.39 is 12.6 Å². The molecule has 3 heterocycles. The van der Waals surface area contributed by atoms with Gasteiger partial charge in [-0.2, -0.15) is 0 Å². The van der Waals surface area contributed by atoms with Crippen LogP contribution in [0.1, 0.15) is 27.4 Å². The van der Waals surface area contributed by atoms with Gasteiger partial charge in [-0.25, -0.2) is 9.78 Å². The predicted molar refractivity (Wildman–Crippen MR) is 112 cm³/mol. The lowest BCUT2D eigenvalue weighted by Gasteiger charge is -2.15. The average molecular weight is 419 g/mol. The van der Waals surface area contributed by atoms with E-state index in [1.807, 2.05) is 31.2 Å². The number of aryl methyl sites for hydroxylation is 2. The second-order valence-corrected chi connectivity index (χ2v) is 7.27. The molecule has 1 aromatic carbocycles. The fourth-order valence-electron chi connectivity index (χ4n) is 3.17. The maximum Gasteiger partial charge on any atom is 0.339 e. The monoisotopic (exact) mass is 419 g/mol. The van der Waals surface area contributed by atoms with Crippen LogP contribution in [0.5, 0.6) is 0 Å². The van der Waals surface area contributed by atoms with E-state index in [1.54, 1.807) is 32.2 Å². The Morgan fingerprint density at radius 1 is 1.13 bits per heavy atom. The fraction of sp³-hybridized carbons (Fsp3) is 0.217. The van der Waals surface area contributed by atoms with Gasteiger partial charge in [0.25, 0.3) is 11.6 Å². The minimum Gasteiger partial charge on any atom is -0.467 e. The number of carbonyl (C=O) groups excluding carboxylic acids is 2. The highest BCUT2D eigenvalue weighted by Gasteiger charge is 2.22. The zero-order chi connectivity index (χ0) is 22.0. The summed E-state index contributed by atoms with van der Waals surface area (Å²) in [4.78, 5) is 31.2. The van der Waals surface area contributed by atoms with E-state index in [4.69, 9.17) is 13.7 Å². The third-order valence-electron chi connectivity index (χ3n) is 4.91. The van der Waals surface area contributed by atoms with E-state index in [2.05, 4.69) is 10.1 Å². The molecular formula is C23H21N3O5. The van der Waals surface area contributed by atoms with Crippen molar-refractivity contribution in [3.63, 3.8) is 0 Å². The number of hydrogen-bond acceptors (Lipinski definition) is 7. The number of nitrogens with zero attached hydrogens (tertiary/aromatic N) is 3. The summed E-state index contributed by atoms with van der Waals surface area (Å²) in [5, 5.41) is 4.39. The van der Waals surface area contributed by atoms with Crippen LogP contribution < -0.4 is 0 Å². The summed E-state index contributed by atoms with van der Waals surface area (Å²) in [7, 11) is 1.61. The fourth-order valence-corrected chi connectivity index (χ4v) is 3.17. The van der Waals surface area contributed by atoms with E-state index in [9.17, 15) is 9.59 Å². The summed E-state index contributed by atoms with van der Waals surface area (Å²) in [6.07, 6.45) is 1.54. The Morgan fingerprint density at radius 2 is 1.90 bits per heavy atom. The third-order valence-corrected chi connectivity index (χ3v) is 4.91. The van der Waals surface area contributed by atoms with Crippen LogP contribution in [0.2, 0.25) is 0 Å². The number of pyridine rings is 1. The number of fused-ring (bicyclic) bond motifs is 1. The third kappa shape index (κ3) is 4.32. The Balaban J connectivity index is 1.56. The number of hydrogen-bond donors (Lipinski definition) is 0. The summed E-state index contributed by atoms with van der Waals surface area (Å²) in [6.45, 7) is 3.59. The molecule has 0 saturated carbocycles. The summed E-state index contributed by atoms with van der Waals surface area (Å²) >= 11 is 0. The van der Waals surface area contributed by atoms with Gasteiger partial charge < -0.3 is 18.6 Å². The quantitative estimate of drug-likeness (QED) is 0.437. The molecule has 0 unspecified atom stereocenters. The van der Waals surface area contributed by atoms with Crippen LogP contribution in [0.3, 0.4) is 0 Å². The SMILES string of the molecule is Cc1ccc(-c2cc(C(=O)OCC(=O)N(C)Cc3ccco3)c3c(C)noc3n2)cc1. The van der Waals surface area contributed by atoms with Crippen LogP contribution in [-0.4, -0.2) is 40.6 Å². The number of benzene rings is 1. The molecule has 1 amide bonds. The number of carbonyl (C=O) groups is 2. The van der Waals surface area contributed by atoms with E-state index in [0.717, 1.165) is 11.1 Å².